The molecule has 0 saturated heterocycles. The number of anilines is 1. The molecule has 94 valence electrons. The van der Waals surface area contributed by atoms with Gasteiger partial charge in [0.15, 0.2) is 5.89 Å². The number of pyridine rings is 1. The number of H-pyrrole nitrogens is 1. The van der Waals surface area contributed by atoms with Crippen LogP contribution in [0.2, 0.25) is 0 Å². The van der Waals surface area contributed by atoms with Gasteiger partial charge in [0.05, 0.1) is 10.2 Å². The first-order chi connectivity index (χ1) is 8.49. The maximum atomic E-state index is 11.9. The van der Waals surface area contributed by atoms with E-state index in [-0.39, 0.29) is 16.9 Å². The van der Waals surface area contributed by atoms with E-state index in [9.17, 15) is 9.59 Å². The van der Waals surface area contributed by atoms with E-state index in [1.165, 1.54) is 12.4 Å². The van der Waals surface area contributed by atoms with E-state index in [2.05, 4.69) is 31.2 Å². The fourth-order valence-electron chi connectivity index (χ4n) is 1.47. The van der Waals surface area contributed by atoms with Crippen molar-refractivity contribution in [3.05, 3.63) is 44.4 Å². The number of halogens is 1. The van der Waals surface area contributed by atoms with Gasteiger partial charge in [-0.25, -0.2) is 4.98 Å². The highest BCUT2D eigenvalue weighted by molar-refractivity contribution is 9.10. The molecule has 0 aliphatic carbocycles. The van der Waals surface area contributed by atoms with Gasteiger partial charge in [-0.1, -0.05) is 0 Å². The van der Waals surface area contributed by atoms with E-state index in [0.29, 0.717) is 16.1 Å². The van der Waals surface area contributed by atoms with Crippen LogP contribution in [0.15, 0.2) is 26.1 Å². The van der Waals surface area contributed by atoms with Crippen LogP contribution in [0.3, 0.4) is 0 Å². The Kier molecular flexibility index (Phi) is 3.33. The molecule has 2 rings (SSSR count). The second-order valence-electron chi connectivity index (χ2n) is 3.65. The zero-order valence-corrected chi connectivity index (χ0v) is 11.3. The highest BCUT2D eigenvalue weighted by Crippen LogP contribution is 2.12. The molecule has 0 atom stereocenters. The predicted octanol–water partition coefficient (Wildman–Crippen LogP) is 1.99. The summed E-state index contributed by atoms with van der Waals surface area (Å²) in [6, 6.07) is 0. The molecule has 2 aromatic heterocycles. The summed E-state index contributed by atoms with van der Waals surface area (Å²) in [6.07, 6.45) is 2.89. The Morgan fingerprint density at radius 1 is 1.44 bits per heavy atom. The number of carbonyl (C=O) groups is 1. The first kappa shape index (κ1) is 12.6. The van der Waals surface area contributed by atoms with Crippen LogP contribution in [0.5, 0.6) is 0 Å². The van der Waals surface area contributed by atoms with Crippen molar-refractivity contribution in [3.8, 4) is 0 Å². The summed E-state index contributed by atoms with van der Waals surface area (Å²) in [5.41, 5.74) is 0.315. The summed E-state index contributed by atoms with van der Waals surface area (Å²) in [7, 11) is 0. The van der Waals surface area contributed by atoms with Gasteiger partial charge in [0.2, 0.25) is 11.2 Å². The highest BCUT2D eigenvalue weighted by Gasteiger charge is 2.17. The van der Waals surface area contributed by atoms with Gasteiger partial charge in [-0.05, 0) is 22.9 Å². The molecule has 0 saturated carbocycles. The van der Waals surface area contributed by atoms with Crippen molar-refractivity contribution in [1.29, 1.82) is 0 Å². The van der Waals surface area contributed by atoms with Gasteiger partial charge in [-0.3, -0.25) is 9.59 Å². The Bertz CT molecular complexity index is 660. The number of rotatable bonds is 2. The third-order valence-corrected chi connectivity index (χ3v) is 2.85. The molecule has 0 aliphatic heterocycles. The van der Waals surface area contributed by atoms with Gasteiger partial charge in [0, 0.05) is 19.3 Å². The number of carbonyl (C=O) groups excluding carboxylic acids is 1. The lowest BCUT2D eigenvalue weighted by Gasteiger charge is -2.02. The number of oxazole rings is 1. The largest absolute Gasteiger partial charge is 0.436 e. The molecule has 2 N–H and O–H groups in total. The van der Waals surface area contributed by atoms with Crippen LogP contribution in [0, 0.1) is 13.8 Å². The lowest BCUT2D eigenvalue weighted by atomic mass is 10.3. The Morgan fingerprint density at radius 2 is 2.17 bits per heavy atom. The van der Waals surface area contributed by atoms with E-state index in [1.54, 1.807) is 13.8 Å². The van der Waals surface area contributed by atoms with Crippen LogP contribution >= 0.6 is 15.9 Å². The second-order valence-corrected chi connectivity index (χ2v) is 4.50. The number of hydrogen-bond donors (Lipinski definition) is 2. The van der Waals surface area contributed by atoms with Crippen LogP contribution in [0.25, 0.3) is 0 Å². The number of nitrogens with one attached hydrogen (secondary N) is 2. The molecule has 18 heavy (non-hydrogen) atoms. The van der Waals surface area contributed by atoms with Crippen LogP contribution < -0.4 is 10.7 Å². The number of hydrogen-bond acceptors (Lipinski definition) is 4. The number of aromatic amines is 1. The lowest BCUT2D eigenvalue weighted by Crippen LogP contribution is -2.19. The zero-order valence-electron chi connectivity index (χ0n) is 9.70. The number of amides is 1. The molecule has 2 aromatic rings. The summed E-state index contributed by atoms with van der Waals surface area (Å²) in [5, 5.41) is 2.48. The smallest absolute Gasteiger partial charge is 0.293 e. The number of aromatic nitrogens is 2. The first-order valence-electron chi connectivity index (χ1n) is 5.11. The predicted molar refractivity (Wildman–Crippen MR) is 68.7 cm³/mol. The molecule has 7 heteroatoms. The van der Waals surface area contributed by atoms with Crippen molar-refractivity contribution in [3.63, 3.8) is 0 Å². The van der Waals surface area contributed by atoms with Gasteiger partial charge in [0.25, 0.3) is 5.91 Å². The maximum absolute atomic E-state index is 11.9. The fraction of sp³-hybridized carbons (Fsp3) is 0.182. The van der Waals surface area contributed by atoms with Crippen LogP contribution in [-0.2, 0) is 0 Å². The molecule has 2 heterocycles. The first-order valence-corrected chi connectivity index (χ1v) is 5.90. The molecule has 6 nitrogen and oxygen atoms in total. The summed E-state index contributed by atoms with van der Waals surface area (Å²) in [6.45, 7) is 3.31. The highest BCUT2D eigenvalue weighted by atomic mass is 79.9. The normalized spacial score (nSPS) is 10.4. The summed E-state index contributed by atoms with van der Waals surface area (Å²) >= 11 is 3.08. The van der Waals surface area contributed by atoms with E-state index in [4.69, 9.17) is 4.42 Å². The third kappa shape index (κ3) is 2.35. The van der Waals surface area contributed by atoms with Crippen molar-refractivity contribution in [2.75, 3.05) is 5.32 Å². The van der Waals surface area contributed by atoms with E-state index in [0.717, 1.165) is 0 Å². The van der Waals surface area contributed by atoms with Gasteiger partial charge in [-0.2, -0.15) is 0 Å². The van der Waals surface area contributed by atoms with Gasteiger partial charge < -0.3 is 14.7 Å². The molecule has 0 aliphatic rings. The quantitative estimate of drug-likeness (QED) is 0.887. The second kappa shape index (κ2) is 4.77. The molecule has 0 unspecified atom stereocenters. The van der Waals surface area contributed by atoms with Crippen molar-refractivity contribution in [2.45, 2.75) is 13.8 Å². The molecule has 0 spiro atoms. The molecule has 0 aromatic carbocycles. The van der Waals surface area contributed by atoms with Crippen LogP contribution in [-0.4, -0.2) is 15.9 Å². The van der Waals surface area contributed by atoms with Crippen molar-refractivity contribution < 1.29 is 9.21 Å². The summed E-state index contributed by atoms with van der Waals surface area (Å²) in [5.74, 6) is 0.00405. The van der Waals surface area contributed by atoms with Crippen molar-refractivity contribution in [2.24, 2.45) is 0 Å². The minimum atomic E-state index is -0.503. The minimum Gasteiger partial charge on any atom is -0.436 e. The minimum absolute atomic E-state index is 0.104. The maximum Gasteiger partial charge on any atom is 0.293 e. The Hall–Kier alpha value is -1.89. The van der Waals surface area contributed by atoms with Crippen molar-refractivity contribution in [1.82, 2.24) is 9.97 Å². The molecule has 0 bridgehead atoms. The lowest BCUT2D eigenvalue weighted by molar-refractivity contribution is 0.0994. The van der Waals surface area contributed by atoms with Gasteiger partial charge >= 0.3 is 0 Å². The zero-order chi connectivity index (χ0) is 13.3. The molecule has 0 fully saturated rings. The van der Waals surface area contributed by atoms with E-state index < -0.39 is 5.91 Å². The van der Waals surface area contributed by atoms with Crippen LogP contribution in [0.1, 0.15) is 22.1 Å². The molecule has 0 radical (unpaired) electrons. The van der Waals surface area contributed by atoms with E-state index >= 15 is 0 Å². The average Bonchev–Trinajstić information content (AvgIpc) is 2.64. The Morgan fingerprint density at radius 3 is 2.78 bits per heavy atom. The third-order valence-electron chi connectivity index (χ3n) is 2.26. The molecule has 1 amide bonds. The SMILES string of the molecule is Cc1nc(C)c(C(=O)Nc2c[nH]cc(Br)c2=O)o1. The fourth-order valence-corrected chi connectivity index (χ4v) is 1.82. The number of aryl methyl sites for hydroxylation is 2. The standard InChI is InChI=1S/C11H10BrN3O3/c1-5-10(18-6(2)14-5)11(17)15-8-4-13-3-7(12)9(8)16/h3-4H,1-2H3,(H,13,16)(H,15,17). The van der Waals surface area contributed by atoms with Crippen molar-refractivity contribution >= 4 is 27.5 Å². The Labute approximate surface area is 111 Å². The van der Waals surface area contributed by atoms with E-state index in [1.807, 2.05) is 0 Å². The van der Waals surface area contributed by atoms with Gasteiger partial charge in [-0.15, -0.1) is 0 Å². The monoisotopic (exact) mass is 311 g/mol. The average molecular weight is 312 g/mol. The number of nitrogens with zero attached hydrogens (tertiary/aromatic N) is 1. The molecular formula is C11H10BrN3O3. The summed E-state index contributed by atoms with van der Waals surface area (Å²) < 4.78 is 5.51. The Balaban J connectivity index is 2.30. The van der Waals surface area contributed by atoms with Gasteiger partial charge in [0.1, 0.15) is 5.69 Å². The molecular weight excluding hydrogens is 302 g/mol. The topological polar surface area (TPSA) is 88.0 Å². The van der Waals surface area contributed by atoms with Crippen LogP contribution in [0.4, 0.5) is 5.69 Å². The summed E-state index contributed by atoms with van der Waals surface area (Å²) in [4.78, 5) is 30.3.